The summed E-state index contributed by atoms with van der Waals surface area (Å²) in [6, 6.07) is 2.84. The topological polar surface area (TPSA) is 101 Å². The van der Waals surface area contributed by atoms with E-state index in [0.717, 1.165) is 18.2 Å². The molecule has 1 aromatic carbocycles. The molecular weight excluding hydrogens is 256 g/mol. The first-order chi connectivity index (χ1) is 6.02. The minimum absolute atomic E-state index is 0. The Morgan fingerprint density at radius 3 is 2.33 bits per heavy atom. The molecule has 0 bridgehead atoms. The number of carboxylic acids is 1. The fraction of sp³-hybridized carbons (Fsp3) is 0. The van der Waals surface area contributed by atoms with Crippen molar-refractivity contribution in [2.45, 2.75) is 0 Å². The molecular formula is C7H7K2NO5. The third kappa shape index (κ3) is 5.35. The Hall–Kier alpha value is 1.16. The molecule has 0 heterocycles. The van der Waals surface area contributed by atoms with Crippen LogP contribution in [0.2, 0.25) is 0 Å². The minimum Gasteiger partial charge on any atom is -1.00 e. The number of carbonyl (C=O) groups is 1. The number of carboxylic acid groups (broad SMARTS) is 1. The second-order valence-corrected chi connectivity index (χ2v) is 2.26. The fourth-order valence-electron chi connectivity index (χ4n) is 0.855. The van der Waals surface area contributed by atoms with Gasteiger partial charge in [0.25, 0.3) is 5.69 Å². The smallest absolute Gasteiger partial charge is 1.00 e. The number of hydrogen-bond acceptors (Lipinski definition) is 4. The molecule has 0 aliphatic carbocycles. The molecule has 0 radical (unpaired) electrons. The van der Waals surface area contributed by atoms with Gasteiger partial charge in [-0.25, -0.2) is 4.79 Å². The van der Waals surface area contributed by atoms with Crippen LogP contribution >= 0.6 is 0 Å². The molecule has 2 N–H and O–H groups in total. The van der Waals surface area contributed by atoms with Crippen molar-refractivity contribution in [1.82, 2.24) is 0 Å². The van der Waals surface area contributed by atoms with E-state index in [4.69, 9.17) is 10.2 Å². The number of aromatic hydroxyl groups is 1. The molecule has 0 fully saturated rings. The summed E-state index contributed by atoms with van der Waals surface area (Å²) >= 11 is 0. The Bertz CT molecular complexity index is 391. The van der Waals surface area contributed by atoms with Gasteiger partial charge in [-0.05, 0) is 6.07 Å². The van der Waals surface area contributed by atoms with E-state index in [0.29, 0.717) is 0 Å². The van der Waals surface area contributed by atoms with Gasteiger partial charge in [-0.2, -0.15) is 0 Å². The van der Waals surface area contributed by atoms with E-state index in [1.54, 1.807) is 0 Å². The van der Waals surface area contributed by atoms with Gasteiger partial charge in [0, 0.05) is 12.1 Å². The molecule has 0 saturated heterocycles. The summed E-state index contributed by atoms with van der Waals surface area (Å²) in [6.45, 7) is 0. The molecule has 0 amide bonds. The van der Waals surface area contributed by atoms with Crippen molar-refractivity contribution in [3.05, 3.63) is 33.9 Å². The van der Waals surface area contributed by atoms with E-state index in [2.05, 4.69) is 0 Å². The van der Waals surface area contributed by atoms with E-state index in [9.17, 15) is 14.9 Å². The molecule has 1 aromatic rings. The Morgan fingerprint density at radius 2 is 1.93 bits per heavy atom. The van der Waals surface area contributed by atoms with Gasteiger partial charge in [-0.3, -0.25) is 10.1 Å². The molecule has 6 nitrogen and oxygen atoms in total. The molecule has 0 aliphatic heterocycles. The quantitative estimate of drug-likeness (QED) is 0.317. The number of nitro benzene ring substituents is 1. The zero-order valence-corrected chi connectivity index (χ0v) is 14.5. The Morgan fingerprint density at radius 1 is 1.40 bits per heavy atom. The fourth-order valence-corrected chi connectivity index (χ4v) is 0.855. The first-order valence-electron chi connectivity index (χ1n) is 3.23. The van der Waals surface area contributed by atoms with Crippen LogP contribution in [0.4, 0.5) is 5.69 Å². The Balaban J connectivity index is -0.000000211. The Labute approximate surface area is 173 Å². The third-order valence-electron chi connectivity index (χ3n) is 1.41. The first-order valence-corrected chi connectivity index (χ1v) is 3.23. The van der Waals surface area contributed by atoms with Crippen LogP contribution in [0.25, 0.3) is 0 Å². The van der Waals surface area contributed by atoms with Crippen molar-refractivity contribution < 1.29 is 126 Å². The van der Waals surface area contributed by atoms with Gasteiger partial charge in [-0.15, -0.1) is 0 Å². The van der Waals surface area contributed by atoms with Crippen LogP contribution in [-0.2, 0) is 0 Å². The van der Waals surface area contributed by atoms with E-state index in [-0.39, 0.29) is 111 Å². The van der Waals surface area contributed by atoms with Gasteiger partial charge in [0.2, 0.25) is 0 Å². The van der Waals surface area contributed by atoms with E-state index >= 15 is 0 Å². The average molecular weight is 263 g/mol. The van der Waals surface area contributed by atoms with Crippen LogP contribution in [0.5, 0.6) is 5.75 Å². The summed E-state index contributed by atoms with van der Waals surface area (Å²) in [4.78, 5) is 19.9. The summed E-state index contributed by atoms with van der Waals surface area (Å²) in [5.41, 5.74) is -1.06. The maximum atomic E-state index is 10.5. The molecule has 0 aliphatic rings. The number of rotatable bonds is 2. The molecule has 8 heteroatoms. The van der Waals surface area contributed by atoms with E-state index in [1.165, 1.54) is 0 Å². The van der Waals surface area contributed by atoms with Crippen LogP contribution < -0.4 is 103 Å². The SMILES string of the molecule is O=C(O)c1cc(O)ccc1[N+](=O)[O-].[H-].[H-].[K+].[K+]. The zero-order valence-electron chi connectivity index (χ0n) is 10.3. The van der Waals surface area contributed by atoms with Gasteiger partial charge in [-0.1, -0.05) is 0 Å². The maximum absolute atomic E-state index is 10.5. The van der Waals surface area contributed by atoms with Crippen LogP contribution in [-0.4, -0.2) is 21.1 Å². The van der Waals surface area contributed by atoms with Crippen molar-refractivity contribution in [3.63, 3.8) is 0 Å². The summed E-state index contributed by atoms with van der Waals surface area (Å²) in [5.74, 6) is -1.76. The molecule has 0 spiro atoms. The predicted octanol–water partition coefficient (Wildman–Crippen LogP) is -4.77. The molecule has 0 unspecified atom stereocenters. The second-order valence-electron chi connectivity index (χ2n) is 2.26. The van der Waals surface area contributed by atoms with Crippen molar-refractivity contribution in [3.8, 4) is 5.75 Å². The van der Waals surface area contributed by atoms with Gasteiger partial charge in [0.05, 0.1) is 4.92 Å². The summed E-state index contributed by atoms with van der Waals surface area (Å²) in [7, 11) is 0. The van der Waals surface area contributed by atoms with Gasteiger partial charge >= 0.3 is 109 Å². The van der Waals surface area contributed by atoms with Crippen LogP contribution in [0.15, 0.2) is 18.2 Å². The number of phenolic OH excluding ortho intramolecular Hbond substituents is 1. The van der Waals surface area contributed by atoms with Crippen LogP contribution in [0, 0.1) is 10.1 Å². The van der Waals surface area contributed by atoms with E-state index < -0.39 is 22.1 Å². The average Bonchev–Trinajstić information content (AvgIpc) is 2.03. The van der Waals surface area contributed by atoms with Crippen molar-refractivity contribution in [2.24, 2.45) is 0 Å². The first kappa shape index (κ1) is 18.5. The van der Waals surface area contributed by atoms with Gasteiger partial charge < -0.3 is 13.1 Å². The van der Waals surface area contributed by atoms with Crippen molar-refractivity contribution in [1.29, 1.82) is 0 Å². The second kappa shape index (κ2) is 8.28. The van der Waals surface area contributed by atoms with E-state index in [1.807, 2.05) is 0 Å². The van der Waals surface area contributed by atoms with Crippen LogP contribution in [0.1, 0.15) is 13.2 Å². The summed E-state index contributed by atoms with van der Waals surface area (Å²) in [5, 5.41) is 27.7. The molecule has 72 valence electrons. The molecule has 15 heavy (non-hydrogen) atoms. The van der Waals surface area contributed by atoms with Crippen molar-refractivity contribution in [2.75, 3.05) is 0 Å². The minimum atomic E-state index is -1.44. The molecule has 0 saturated carbocycles. The summed E-state index contributed by atoms with van der Waals surface area (Å²) < 4.78 is 0. The number of aromatic carboxylic acids is 1. The van der Waals surface area contributed by atoms with Gasteiger partial charge in [0.15, 0.2) is 0 Å². The number of hydrogen-bond donors (Lipinski definition) is 2. The van der Waals surface area contributed by atoms with Gasteiger partial charge in [0.1, 0.15) is 11.3 Å². The number of benzene rings is 1. The molecule has 0 atom stereocenters. The standard InChI is InChI=1S/C7H5NO5.2K.2H/c9-4-1-2-6(8(12)13)5(3-4)7(10)11;;;;/h1-3,9H,(H,10,11);;;;/q;2*+1;2*-1. The normalized spacial score (nSPS) is 8.27. The maximum Gasteiger partial charge on any atom is 1.00 e. The molecule has 0 aromatic heterocycles. The molecule has 1 rings (SSSR count). The zero-order chi connectivity index (χ0) is 10.0. The largest absolute Gasteiger partial charge is 1.00 e. The summed E-state index contributed by atoms with van der Waals surface area (Å²) in [6.07, 6.45) is 0. The van der Waals surface area contributed by atoms with Crippen molar-refractivity contribution >= 4 is 11.7 Å². The number of phenols is 1. The predicted molar refractivity (Wildman–Crippen MR) is 43.9 cm³/mol. The number of nitro groups is 1. The Kier molecular flexibility index (Phi) is 10.2. The monoisotopic (exact) mass is 263 g/mol. The third-order valence-corrected chi connectivity index (χ3v) is 1.41. The number of nitrogens with zero attached hydrogens (tertiary/aromatic N) is 1. The van der Waals surface area contributed by atoms with Crippen LogP contribution in [0.3, 0.4) is 0 Å².